The summed E-state index contributed by atoms with van der Waals surface area (Å²) in [7, 11) is 1.54. The fraction of sp³-hybridized carbons (Fsp3) is 0.472. The highest BCUT2D eigenvalue weighted by atomic mass is 127. The molecule has 2 aliphatic carbocycles. The van der Waals surface area contributed by atoms with Gasteiger partial charge in [0.25, 0.3) is 11.1 Å². The standard InChI is InChI=1S/C53H61FIN9O6/c1-32-47-46(48(59(2)50(32)67)57-44-17-13-37(55)28-43(44)54)52(69)64(39-14-15-39)53(70)63(47)41-8-4-6-38(29-41)56-30-33-9-11-35(12-10-33)51(68)62-25-23-60(24-26-62)31-34-19-21-61(22-20-34)40-7-3-5-36(27-40)42-16-18-45(65)58-49(42)66/h3-8,13,17,27-29,33-35,39,42,56-57H,9-12,14-16,18-26,30-31H2,1-2H3,(H,58,65,66). The van der Waals surface area contributed by atoms with Gasteiger partial charge in [0.15, 0.2) is 0 Å². The molecular formula is C53H61FIN9O6. The molecule has 5 aromatic rings. The van der Waals surface area contributed by atoms with Crippen molar-refractivity contribution in [3.8, 4) is 5.69 Å². The van der Waals surface area contributed by atoms with Gasteiger partial charge in [0.05, 0.1) is 22.8 Å². The van der Waals surface area contributed by atoms with Crippen molar-refractivity contribution in [3.05, 3.63) is 118 Å². The maximum Gasteiger partial charge on any atom is 0.336 e. The first-order valence-corrected chi connectivity index (χ1v) is 26.1. The Morgan fingerprint density at radius 1 is 0.786 bits per heavy atom. The number of imide groups is 1. The molecule has 15 nitrogen and oxygen atoms in total. The number of rotatable bonds is 12. The molecule has 3 aromatic carbocycles. The zero-order valence-electron chi connectivity index (χ0n) is 39.9. The normalized spacial score (nSPS) is 21.5. The third-order valence-electron chi connectivity index (χ3n) is 15.5. The van der Waals surface area contributed by atoms with Crippen LogP contribution in [0.3, 0.4) is 0 Å². The molecule has 2 saturated carbocycles. The van der Waals surface area contributed by atoms with Crippen LogP contribution in [0.1, 0.15) is 87.3 Å². The number of fused-ring (bicyclic) bond motifs is 1. The third kappa shape index (κ3) is 9.79. The molecule has 10 rings (SSSR count). The highest BCUT2D eigenvalue weighted by molar-refractivity contribution is 14.1. The molecule has 3 aliphatic heterocycles. The maximum atomic E-state index is 15.2. The van der Waals surface area contributed by atoms with Crippen LogP contribution in [-0.4, -0.2) is 93.6 Å². The van der Waals surface area contributed by atoms with Crippen LogP contribution in [0.25, 0.3) is 16.6 Å². The van der Waals surface area contributed by atoms with Crippen LogP contribution in [-0.2, 0) is 21.4 Å². The van der Waals surface area contributed by atoms with Gasteiger partial charge in [-0.3, -0.25) is 47.9 Å². The lowest BCUT2D eigenvalue weighted by Crippen LogP contribution is -2.52. The molecule has 2 aromatic heterocycles. The SMILES string of the molecule is Cc1c(=O)n(C)c(Nc2ccc(I)cc2F)c2c(=O)n(C3CC3)c(=O)n(-c3cccc(NCC4CCC(C(=O)N5CCN(CC6CCN(c7cccc(C8CCC(=O)NC8=O)c7)CC6)CC5)CC4)c3)c12. The van der Waals surface area contributed by atoms with Crippen LogP contribution in [0.15, 0.2) is 81.1 Å². The number of nitrogens with one attached hydrogen (secondary N) is 3. The van der Waals surface area contributed by atoms with E-state index in [1.807, 2.05) is 52.9 Å². The van der Waals surface area contributed by atoms with E-state index >= 15 is 4.39 Å². The molecule has 17 heteroatoms. The van der Waals surface area contributed by atoms with Gasteiger partial charge in [-0.2, -0.15) is 0 Å². The largest absolute Gasteiger partial charge is 0.385 e. The number of aryl methyl sites for hydroxylation is 1. The molecule has 1 atom stereocenters. The molecule has 3 saturated heterocycles. The zero-order valence-corrected chi connectivity index (χ0v) is 42.0. The molecule has 0 spiro atoms. The average molecular weight is 1070 g/mol. The number of hydrogen-bond acceptors (Lipinski definition) is 10. The van der Waals surface area contributed by atoms with Crippen LogP contribution >= 0.6 is 22.6 Å². The molecule has 5 aliphatic rings. The number of anilines is 4. The summed E-state index contributed by atoms with van der Waals surface area (Å²) in [5, 5.41) is 9.24. The van der Waals surface area contributed by atoms with Gasteiger partial charge >= 0.3 is 5.69 Å². The van der Waals surface area contributed by atoms with Gasteiger partial charge in [0.2, 0.25) is 17.7 Å². The number of benzene rings is 3. The van der Waals surface area contributed by atoms with E-state index in [4.69, 9.17) is 0 Å². The van der Waals surface area contributed by atoms with Crippen molar-refractivity contribution in [2.45, 2.75) is 83.1 Å². The minimum atomic E-state index is -0.534. The third-order valence-corrected chi connectivity index (χ3v) is 16.2. The van der Waals surface area contributed by atoms with Crippen LogP contribution in [0.2, 0.25) is 0 Å². The van der Waals surface area contributed by atoms with E-state index in [0.29, 0.717) is 53.3 Å². The van der Waals surface area contributed by atoms with Crippen molar-refractivity contribution >= 4 is 74.1 Å². The molecule has 70 heavy (non-hydrogen) atoms. The van der Waals surface area contributed by atoms with Crippen molar-refractivity contribution < 1.29 is 18.8 Å². The first-order valence-electron chi connectivity index (χ1n) is 25.0. The number of carbonyl (C=O) groups is 3. The number of piperazine rings is 1. The Morgan fingerprint density at radius 2 is 1.51 bits per heavy atom. The molecule has 5 heterocycles. The fourth-order valence-corrected chi connectivity index (χ4v) is 11.8. The van der Waals surface area contributed by atoms with Crippen molar-refractivity contribution in [1.29, 1.82) is 0 Å². The number of piperidine rings is 2. The second-order valence-corrected chi connectivity index (χ2v) is 21.4. The molecule has 3 amide bonds. The zero-order chi connectivity index (χ0) is 48.8. The summed E-state index contributed by atoms with van der Waals surface area (Å²) in [6.45, 7) is 8.59. The number of carbonyl (C=O) groups excluding carboxylic acids is 3. The average Bonchev–Trinajstić information content (AvgIpc) is 4.21. The summed E-state index contributed by atoms with van der Waals surface area (Å²) < 4.78 is 19.9. The minimum Gasteiger partial charge on any atom is -0.385 e. The molecule has 0 bridgehead atoms. The monoisotopic (exact) mass is 1070 g/mol. The van der Waals surface area contributed by atoms with Crippen molar-refractivity contribution in [3.63, 3.8) is 0 Å². The van der Waals surface area contributed by atoms with E-state index in [1.54, 1.807) is 25.1 Å². The number of hydrogen-bond donors (Lipinski definition) is 3. The Balaban J connectivity index is 0.729. The number of halogens is 2. The van der Waals surface area contributed by atoms with Crippen LogP contribution in [0.5, 0.6) is 0 Å². The van der Waals surface area contributed by atoms with Crippen LogP contribution < -0.4 is 37.7 Å². The van der Waals surface area contributed by atoms with Crippen molar-refractivity contribution in [2.75, 3.05) is 67.9 Å². The number of nitrogens with zero attached hydrogens (tertiary/aromatic N) is 6. The highest BCUT2D eigenvalue weighted by Crippen LogP contribution is 2.36. The van der Waals surface area contributed by atoms with Crippen molar-refractivity contribution in [1.82, 2.24) is 28.8 Å². The predicted octanol–water partition coefficient (Wildman–Crippen LogP) is 6.78. The predicted molar refractivity (Wildman–Crippen MR) is 278 cm³/mol. The summed E-state index contributed by atoms with van der Waals surface area (Å²) in [4.78, 5) is 87.5. The van der Waals surface area contributed by atoms with Crippen LogP contribution in [0, 0.1) is 34.1 Å². The van der Waals surface area contributed by atoms with Gasteiger partial charge in [-0.1, -0.05) is 18.2 Å². The lowest BCUT2D eigenvalue weighted by molar-refractivity contribution is -0.139. The molecular weight excluding hydrogens is 1000 g/mol. The van der Waals surface area contributed by atoms with E-state index in [2.05, 4.69) is 42.8 Å². The molecule has 1 unspecified atom stereocenters. The summed E-state index contributed by atoms with van der Waals surface area (Å²) in [5.41, 5.74) is 2.48. The van der Waals surface area contributed by atoms with E-state index < -0.39 is 22.6 Å². The smallest absolute Gasteiger partial charge is 0.336 e. The van der Waals surface area contributed by atoms with Gasteiger partial charge in [-0.25, -0.2) is 9.18 Å². The minimum absolute atomic E-state index is 0.0312. The maximum absolute atomic E-state index is 15.2. The fourth-order valence-electron chi connectivity index (χ4n) is 11.3. The Labute approximate surface area is 419 Å². The van der Waals surface area contributed by atoms with Gasteiger partial charge in [0.1, 0.15) is 17.0 Å². The molecule has 3 N–H and O–H groups in total. The lowest BCUT2D eigenvalue weighted by atomic mass is 9.81. The Kier molecular flexibility index (Phi) is 13.8. The lowest BCUT2D eigenvalue weighted by Gasteiger charge is -2.40. The van der Waals surface area contributed by atoms with Gasteiger partial charge in [-0.15, -0.1) is 0 Å². The summed E-state index contributed by atoms with van der Waals surface area (Å²) in [6, 6.07) is 20.1. The number of aromatic nitrogens is 3. The number of pyridine rings is 1. The Morgan fingerprint density at radius 3 is 2.23 bits per heavy atom. The van der Waals surface area contributed by atoms with Gasteiger partial charge < -0.3 is 20.4 Å². The van der Waals surface area contributed by atoms with E-state index in [1.165, 1.54) is 26.8 Å². The summed E-state index contributed by atoms with van der Waals surface area (Å²) in [6.07, 6.45) is 8.04. The first kappa shape index (κ1) is 47.8. The first-order chi connectivity index (χ1) is 33.8. The van der Waals surface area contributed by atoms with Crippen molar-refractivity contribution in [2.24, 2.45) is 24.8 Å². The second-order valence-electron chi connectivity index (χ2n) is 20.1. The highest BCUT2D eigenvalue weighted by Gasteiger charge is 2.34. The van der Waals surface area contributed by atoms with Gasteiger partial charge in [0, 0.05) is 98.3 Å². The Bertz CT molecular complexity index is 3030. The quantitative estimate of drug-likeness (QED) is 0.0898. The second kappa shape index (κ2) is 20.1. The van der Waals surface area contributed by atoms with Gasteiger partial charge in [-0.05, 0) is 153 Å². The summed E-state index contributed by atoms with van der Waals surface area (Å²) >= 11 is 2.02. The Hall–Kier alpha value is -5.82. The number of amides is 3. The van der Waals surface area contributed by atoms with E-state index in [9.17, 15) is 28.8 Å². The molecule has 0 radical (unpaired) electrons. The van der Waals surface area contributed by atoms with E-state index in [0.717, 1.165) is 101 Å². The van der Waals surface area contributed by atoms with Crippen LogP contribution in [0.4, 0.5) is 27.3 Å². The topological polar surface area (TPSA) is 163 Å². The van der Waals surface area contributed by atoms with E-state index in [-0.39, 0.29) is 63.6 Å². The molecule has 368 valence electrons. The molecule has 5 fully saturated rings. The summed E-state index contributed by atoms with van der Waals surface area (Å²) in [5.74, 6) is 0.182.